The number of aliphatic hydroxyl groups is 1. The topological polar surface area (TPSA) is 55.5 Å². The number of hydrogen-bond donors (Lipinski definition) is 2. The summed E-state index contributed by atoms with van der Waals surface area (Å²) in [5.74, 6) is 0. The zero-order chi connectivity index (χ0) is 11.9. The third kappa shape index (κ3) is 7.77. The van der Waals surface area contributed by atoms with Crippen molar-refractivity contribution in [1.29, 1.82) is 0 Å². The van der Waals surface area contributed by atoms with Crippen LogP contribution in [0.25, 0.3) is 0 Å². The summed E-state index contributed by atoms with van der Waals surface area (Å²) in [6, 6.07) is 0. The molecule has 0 bridgehead atoms. The molecule has 0 aromatic carbocycles. The molecule has 0 amide bonds. The molecule has 0 aromatic rings. The van der Waals surface area contributed by atoms with E-state index in [0.29, 0.717) is 0 Å². The highest BCUT2D eigenvalue weighted by atomic mass is 16.5. The van der Waals surface area contributed by atoms with Gasteiger partial charge in [0.15, 0.2) is 0 Å². The SMILES string of the molecule is CCC(C)(C)OCCCCC(C)(N)CO. The van der Waals surface area contributed by atoms with Gasteiger partial charge in [0.1, 0.15) is 0 Å². The maximum atomic E-state index is 8.96. The summed E-state index contributed by atoms with van der Waals surface area (Å²) >= 11 is 0. The highest BCUT2D eigenvalue weighted by Gasteiger charge is 2.17. The second-order valence-electron chi connectivity index (χ2n) is 5.23. The Labute approximate surface area is 94.0 Å². The Morgan fingerprint density at radius 1 is 1.20 bits per heavy atom. The second-order valence-corrected chi connectivity index (χ2v) is 5.23. The van der Waals surface area contributed by atoms with E-state index in [1.807, 2.05) is 6.92 Å². The number of rotatable bonds is 8. The summed E-state index contributed by atoms with van der Waals surface area (Å²) < 4.78 is 5.72. The van der Waals surface area contributed by atoms with E-state index in [2.05, 4.69) is 20.8 Å². The molecule has 0 aliphatic rings. The van der Waals surface area contributed by atoms with Crippen molar-refractivity contribution in [1.82, 2.24) is 0 Å². The molecule has 3 heteroatoms. The Bertz CT molecular complexity index is 149. The van der Waals surface area contributed by atoms with E-state index in [0.717, 1.165) is 32.3 Å². The Kier molecular flexibility index (Phi) is 6.41. The summed E-state index contributed by atoms with van der Waals surface area (Å²) in [5.41, 5.74) is 5.38. The molecule has 0 rings (SSSR count). The Morgan fingerprint density at radius 2 is 1.80 bits per heavy atom. The van der Waals surface area contributed by atoms with Gasteiger partial charge in [-0.25, -0.2) is 0 Å². The Balaban J connectivity index is 3.48. The standard InChI is InChI=1S/C12H27NO2/c1-5-11(2,3)15-9-7-6-8-12(4,13)10-14/h14H,5-10,13H2,1-4H3. The third-order valence-corrected chi connectivity index (χ3v) is 2.85. The van der Waals surface area contributed by atoms with Crippen LogP contribution in [0, 0.1) is 0 Å². The highest BCUT2D eigenvalue weighted by molar-refractivity contribution is 4.76. The van der Waals surface area contributed by atoms with Crippen LogP contribution in [0.2, 0.25) is 0 Å². The molecule has 1 atom stereocenters. The number of unbranched alkanes of at least 4 members (excludes halogenated alkanes) is 1. The molecule has 0 radical (unpaired) electrons. The molecule has 3 nitrogen and oxygen atoms in total. The zero-order valence-electron chi connectivity index (χ0n) is 10.7. The smallest absolute Gasteiger partial charge is 0.0623 e. The van der Waals surface area contributed by atoms with Gasteiger partial charge in [-0.15, -0.1) is 0 Å². The highest BCUT2D eigenvalue weighted by Crippen LogP contribution is 2.15. The molecule has 0 saturated carbocycles. The summed E-state index contributed by atoms with van der Waals surface area (Å²) in [5, 5.41) is 8.96. The van der Waals surface area contributed by atoms with E-state index in [4.69, 9.17) is 15.6 Å². The maximum absolute atomic E-state index is 8.96. The van der Waals surface area contributed by atoms with E-state index < -0.39 is 5.54 Å². The molecule has 0 saturated heterocycles. The molecule has 3 N–H and O–H groups in total. The predicted molar refractivity (Wildman–Crippen MR) is 63.9 cm³/mol. The monoisotopic (exact) mass is 217 g/mol. The normalized spacial score (nSPS) is 16.4. The van der Waals surface area contributed by atoms with Crippen molar-refractivity contribution >= 4 is 0 Å². The van der Waals surface area contributed by atoms with E-state index in [-0.39, 0.29) is 12.2 Å². The van der Waals surface area contributed by atoms with Gasteiger partial charge in [-0.1, -0.05) is 6.92 Å². The molecule has 0 fully saturated rings. The molecule has 1 unspecified atom stereocenters. The second kappa shape index (κ2) is 6.46. The Morgan fingerprint density at radius 3 is 2.27 bits per heavy atom. The van der Waals surface area contributed by atoms with E-state index in [1.54, 1.807) is 0 Å². The van der Waals surface area contributed by atoms with Gasteiger partial charge >= 0.3 is 0 Å². The van der Waals surface area contributed by atoms with Crippen molar-refractivity contribution in [2.45, 2.75) is 64.5 Å². The van der Waals surface area contributed by atoms with Gasteiger partial charge in [-0.3, -0.25) is 0 Å². The Hall–Kier alpha value is -0.120. The van der Waals surface area contributed by atoms with Crippen molar-refractivity contribution in [2.24, 2.45) is 5.73 Å². The minimum atomic E-state index is -0.430. The summed E-state index contributed by atoms with van der Waals surface area (Å²) in [7, 11) is 0. The largest absolute Gasteiger partial charge is 0.394 e. The average molecular weight is 217 g/mol. The first-order chi connectivity index (χ1) is 6.83. The predicted octanol–water partition coefficient (Wildman–Crippen LogP) is 2.07. The van der Waals surface area contributed by atoms with Crippen LogP contribution in [0.3, 0.4) is 0 Å². The van der Waals surface area contributed by atoms with Gasteiger partial charge in [-0.05, 0) is 46.5 Å². The number of nitrogens with two attached hydrogens (primary N) is 1. The van der Waals surface area contributed by atoms with E-state index in [9.17, 15) is 0 Å². The summed E-state index contributed by atoms with van der Waals surface area (Å²) in [6.45, 7) is 9.05. The van der Waals surface area contributed by atoms with Gasteiger partial charge in [0.2, 0.25) is 0 Å². The first-order valence-corrected chi connectivity index (χ1v) is 5.87. The minimum Gasteiger partial charge on any atom is -0.394 e. The summed E-state index contributed by atoms with van der Waals surface area (Å²) in [6.07, 6.45) is 3.89. The molecule has 0 aromatic heterocycles. The van der Waals surface area contributed by atoms with Crippen LogP contribution in [0.5, 0.6) is 0 Å². The van der Waals surface area contributed by atoms with Gasteiger partial charge in [-0.2, -0.15) is 0 Å². The summed E-state index contributed by atoms with van der Waals surface area (Å²) in [4.78, 5) is 0. The maximum Gasteiger partial charge on any atom is 0.0623 e. The lowest BCUT2D eigenvalue weighted by Crippen LogP contribution is -2.40. The van der Waals surface area contributed by atoms with Gasteiger partial charge in [0.25, 0.3) is 0 Å². The fourth-order valence-electron chi connectivity index (χ4n) is 1.16. The van der Waals surface area contributed by atoms with Crippen molar-refractivity contribution < 1.29 is 9.84 Å². The number of hydrogen-bond acceptors (Lipinski definition) is 3. The molecular weight excluding hydrogens is 190 g/mol. The lowest BCUT2D eigenvalue weighted by Gasteiger charge is -2.24. The van der Waals surface area contributed by atoms with Crippen LogP contribution < -0.4 is 5.73 Å². The lowest BCUT2D eigenvalue weighted by molar-refractivity contribution is -0.0221. The van der Waals surface area contributed by atoms with Crippen molar-refractivity contribution in [2.75, 3.05) is 13.2 Å². The van der Waals surface area contributed by atoms with Crippen LogP contribution in [-0.4, -0.2) is 29.5 Å². The van der Waals surface area contributed by atoms with Gasteiger partial charge in [0, 0.05) is 12.1 Å². The lowest BCUT2D eigenvalue weighted by atomic mass is 9.97. The average Bonchev–Trinajstić information content (AvgIpc) is 2.17. The van der Waals surface area contributed by atoms with Crippen molar-refractivity contribution in [3.8, 4) is 0 Å². The number of aliphatic hydroxyl groups excluding tert-OH is 1. The number of ether oxygens (including phenoxy) is 1. The third-order valence-electron chi connectivity index (χ3n) is 2.85. The van der Waals surface area contributed by atoms with Crippen LogP contribution in [0.4, 0.5) is 0 Å². The molecule has 0 aliphatic heterocycles. The molecule has 15 heavy (non-hydrogen) atoms. The fourth-order valence-corrected chi connectivity index (χ4v) is 1.16. The van der Waals surface area contributed by atoms with E-state index in [1.165, 1.54) is 0 Å². The first-order valence-electron chi connectivity index (χ1n) is 5.87. The van der Waals surface area contributed by atoms with Crippen LogP contribution in [-0.2, 0) is 4.74 Å². The van der Waals surface area contributed by atoms with Crippen LogP contribution in [0.1, 0.15) is 53.4 Å². The van der Waals surface area contributed by atoms with E-state index >= 15 is 0 Å². The fraction of sp³-hybridized carbons (Fsp3) is 1.00. The van der Waals surface area contributed by atoms with Crippen molar-refractivity contribution in [3.63, 3.8) is 0 Å². The molecule has 0 heterocycles. The van der Waals surface area contributed by atoms with Crippen LogP contribution >= 0.6 is 0 Å². The van der Waals surface area contributed by atoms with Gasteiger partial charge < -0.3 is 15.6 Å². The quantitative estimate of drug-likeness (QED) is 0.612. The molecule has 0 spiro atoms. The molecule has 92 valence electrons. The first kappa shape index (κ1) is 14.9. The molecule has 0 aliphatic carbocycles. The zero-order valence-corrected chi connectivity index (χ0v) is 10.7. The van der Waals surface area contributed by atoms with Crippen LogP contribution in [0.15, 0.2) is 0 Å². The molecular formula is C12H27NO2. The van der Waals surface area contributed by atoms with Gasteiger partial charge in [0.05, 0.1) is 12.2 Å². The van der Waals surface area contributed by atoms with Crippen molar-refractivity contribution in [3.05, 3.63) is 0 Å². The minimum absolute atomic E-state index is 0.0109.